The number of nitrogens with two attached hydrogens (primary N) is 2. The van der Waals surface area contributed by atoms with Gasteiger partial charge in [-0.15, -0.1) is 0 Å². The van der Waals surface area contributed by atoms with Gasteiger partial charge in [0.1, 0.15) is 6.54 Å². The van der Waals surface area contributed by atoms with Crippen molar-refractivity contribution < 1.29 is 4.57 Å². The molecule has 0 aliphatic carbocycles. The highest BCUT2D eigenvalue weighted by Crippen LogP contribution is 2.33. The molecule has 0 aliphatic rings. The fourth-order valence-corrected chi connectivity index (χ4v) is 3.61. The maximum Gasteiger partial charge on any atom is 0.220 e. The third kappa shape index (κ3) is 2.49. The predicted molar refractivity (Wildman–Crippen MR) is 106 cm³/mol. The van der Waals surface area contributed by atoms with E-state index in [9.17, 15) is 0 Å². The number of fused-ring (bicyclic) bond motifs is 3. The molecule has 3 heteroatoms. The molecule has 0 bridgehead atoms. The minimum atomic E-state index is 0.776. The van der Waals surface area contributed by atoms with Gasteiger partial charge in [0.05, 0.1) is 10.8 Å². The number of aromatic nitrogens is 1. The van der Waals surface area contributed by atoms with Crippen LogP contribution in [0.3, 0.4) is 0 Å². The van der Waals surface area contributed by atoms with E-state index in [-0.39, 0.29) is 0 Å². The molecule has 4 N–H and O–H groups in total. The van der Waals surface area contributed by atoms with E-state index in [0.29, 0.717) is 0 Å². The molecule has 0 fully saturated rings. The van der Waals surface area contributed by atoms with Gasteiger partial charge >= 0.3 is 0 Å². The lowest BCUT2D eigenvalue weighted by Gasteiger charge is -2.12. The first-order valence-corrected chi connectivity index (χ1v) is 8.60. The van der Waals surface area contributed by atoms with Crippen molar-refractivity contribution >= 4 is 33.1 Å². The fraction of sp³-hybridized carbons (Fsp3) is 0.136. The second-order valence-electron chi connectivity index (χ2n) is 6.54. The van der Waals surface area contributed by atoms with E-state index < -0.39 is 0 Å². The molecule has 1 heterocycles. The third-order valence-corrected chi connectivity index (χ3v) is 4.81. The molecule has 4 aromatic rings. The average Bonchev–Trinajstić information content (AvgIpc) is 2.61. The first-order chi connectivity index (χ1) is 12.1. The summed E-state index contributed by atoms with van der Waals surface area (Å²) >= 11 is 0. The van der Waals surface area contributed by atoms with Gasteiger partial charge in [-0.2, -0.15) is 4.57 Å². The van der Waals surface area contributed by atoms with Crippen LogP contribution in [0.2, 0.25) is 0 Å². The zero-order valence-corrected chi connectivity index (χ0v) is 14.6. The quantitative estimate of drug-likeness (QED) is 0.325. The van der Waals surface area contributed by atoms with E-state index in [1.54, 1.807) is 0 Å². The first kappa shape index (κ1) is 15.5. The molecule has 0 radical (unpaired) electrons. The maximum absolute atomic E-state index is 6.13. The molecule has 1 aromatic heterocycles. The maximum atomic E-state index is 6.13. The number of anilines is 2. The van der Waals surface area contributed by atoms with E-state index in [4.69, 9.17) is 11.5 Å². The molecule has 0 amide bonds. The molecular weight excluding hydrogens is 306 g/mol. The van der Waals surface area contributed by atoms with E-state index in [1.165, 1.54) is 33.0 Å². The van der Waals surface area contributed by atoms with Crippen molar-refractivity contribution in [3.8, 4) is 11.3 Å². The minimum Gasteiger partial charge on any atom is -0.399 e. The molecule has 0 atom stereocenters. The molecule has 0 unspecified atom stereocenters. The summed E-state index contributed by atoms with van der Waals surface area (Å²) in [5.74, 6) is 0. The summed E-state index contributed by atoms with van der Waals surface area (Å²) in [6.07, 6.45) is 0. The molecule has 3 nitrogen and oxygen atoms in total. The van der Waals surface area contributed by atoms with E-state index in [1.807, 2.05) is 12.1 Å². The molecule has 4 rings (SSSR count). The van der Waals surface area contributed by atoms with Gasteiger partial charge < -0.3 is 11.5 Å². The van der Waals surface area contributed by atoms with Gasteiger partial charge in [0, 0.05) is 28.4 Å². The Morgan fingerprint density at radius 1 is 0.760 bits per heavy atom. The number of benzene rings is 3. The van der Waals surface area contributed by atoms with E-state index in [2.05, 4.69) is 66.9 Å². The summed E-state index contributed by atoms with van der Waals surface area (Å²) < 4.78 is 2.33. The fourth-order valence-electron chi connectivity index (χ4n) is 3.61. The van der Waals surface area contributed by atoms with Gasteiger partial charge in [0.2, 0.25) is 11.2 Å². The number of nitrogens with zero attached hydrogens (tertiary/aromatic N) is 1. The number of aryl methyl sites for hydroxylation is 2. The summed E-state index contributed by atoms with van der Waals surface area (Å²) in [5, 5.41) is 3.56. The van der Waals surface area contributed by atoms with Gasteiger partial charge in [-0.05, 0) is 50.2 Å². The molecule has 25 heavy (non-hydrogen) atoms. The summed E-state index contributed by atoms with van der Waals surface area (Å²) in [4.78, 5) is 0. The SMILES string of the molecule is CC[n+]1c(-c2ccc(C)cc2)c2cc(N)ccc2c2ccc(N)cc21. The Morgan fingerprint density at radius 3 is 2.08 bits per heavy atom. The van der Waals surface area contributed by atoms with Crippen LogP contribution in [0.5, 0.6) is 0 Å². The number of nitrogen functional groups attached to an aromatic ring is 2. The Bertz CT molecular complexity index is 1100. The van der Waals surface area contributed by atoms with Crippen LogP contribution < -0.4 is 16.0 Å². The highest BCUT2D eigenvalue weighted by atomic mass is 15.0. The Balaban J connectivity index is 2.24. The van der Waals surface area contributed by atoms with Crippen molar-refractivity contribution in [2.75, 3.05) is 11.5 Å². The Hall–Kier alpha value is -3.07. The van der Waals surface area contributed by atoms with Crippen molar-refractivity contribution in [2.45, 2.75) is 20.4 Å². The molecule has 0 saturated heterocycles. The molecule has 0 saturated carbocycles. The second kappa shape index (κ2) is 5.78. The zero-order chi connectivity index (χ0) is 17.6. The monoisotopic (exact) mass is 328 g/mol. The summed E-state index contributed by atoms with van der Waals surface area (Å²) in [5.41, 5.74) is 18.5. The number of hydrogen-bond donors (Lipinski definition) is 2. The minimum absolute atomic E-state index is 0.776. The number of hydrogen-bond acceptors (Lipinski definition) is 2. The molecule has 3 aromatic carbocycles. The largest absolute Gasteiger partial charge is 0.399 e. The van der Waals surface area contributed by atoms with Crippen LogP contribution in [0.1, 0.15) is 12.5 Å². The van der Waals surface area contributed by atoms with Crippen molar-refractivity contribution in [3.05, 3.63) is 66.2 Å². The molecule has 124 valence electrons. The van der Waals surface area contributed by atoms with E-state index in [0.717, 1.165) is 23.4 Å². The predicted octanol–water partition coefficient (Wildman–Crippen LogP) is 4.44. The lowest BCUT2D eigenvalue weighted by molar-refractivity contribution is -0.655. The van der Waals surface area contributed by atoms with Crippen LogP contribution in [0.25, 0.3) is 32.9 Å². The number of rotatable bonds is 2. The molecule has 0 spiro atoms. The normalized spacial score (nSPS) is 11.3. The first-order valence-electron chi connectivity index (χ1n) is 8.60. The standard InChI is InChI=1S/C22H21N3/c1-3-25-21-13-17(24)9-11-19(21)18-10-8-16(23)12-20(18)22(25)15-6-4-14(2)5-7-15/h4-13,24H,3,23H2,1-2H3/p+1. The van der Waals surface area contributed by atoms with Crippen molar-refractivity contribution in [2.24, 2.45) is 0 Å². The lowest BCUT2D eigenvalue weighted by Crippen LogP contribution is -2.36. The second-order valence-corrected chi connectivity index (χ2v) is 6.54. The van der Waals surface area contributed by atoms with Gasteiger partial charge in [0.15, 0.2) is 0 Å². The summed E-state index contributed by atoms with van der Waals surface area (Å²) in [6, 6.07) is 20.9. The Labute approximate surface area is 147 Å². The third-order valence-electron chi connectivity index (χ3n) is 4.81. The van der Waals surface area contributed by atoms with Gasteiger partial charge in [-0.1, -0.05) is 23.8 Å². The summed E-state index contributed by atoms with van der Waals surface area (Å²) in [6.45, 7) is 5.13. The lowest BCUT2D eigenvalue weighted by atomic mass is 9.97. The summed E-state index contributed by atoms with van der Waals surface area (Å²) in [7, 11) is 0. The van der Waals surface area contributed by atoms with Crippen LogP contribution in [0.4, 0.5) is 11.4 Å². The van der Waals surface area contributed by atoms with Crippen molar-refractivity contribution in [3.63, 3.8) is 0 Å². The number of pyridine rings is 1. The molecular formula is C22H22N3+. The van der Waals surface area contributed by atoms with Gasteiger partial charge in [0.25, 0.3) is 0 Å². The average molecular weight is 328 g/mol. The van der Waals surface area contributed by atoms with Crippen molar-refractivity contribution in [1.82, 2.24) is 0 Å². The Morgan fingerprint density at radius 2 is 1.40 bits per heavy atom. The van der Waals surface area contributed by atoms with Crippen LogP contribution >= 0.6 is 0 Å². The highest BCUT2D eigenvalue weighted by Gasteiger charge is 2.22. The van der Waals surface area contributed by atoms with Crippen molar-refractivity contribution in [1.29, 1.82) is 0 Å². The zero-order valence-electron chi connectivity index (χ0n) is 14.6. The van der Waals surface area contributed by atoms with Crippen LogP contribution in [-0.4, -0.2) is 0 Å². The van der Waals surface area contributed by atoms with Gasteiger partial charge in [-0.25, -0.2) is 0 Å². The van der Waals surface area contributed by atoms with Crippen LogP contribution in [0.15, 0.2) is 60.7 Å². The van der Waals surface area contributed by atoms with Crippen LogP contribution in [-0.2, 0) is 6.54 Å². The highest BCUT2D eigenvalue weighted by molar-refractivity contribution is 6.10. The smallest absolute Gasteiger partial charge is 0.220 e. The molecule has 0 aliphatic heterocycles. The topological polar surface area (TPSA) is 55.9 Å². The van der Waals surface area contributed by atoms with Gasteiger partial charge in [-0.3, -0.25) is 0 Å². The Kier molecular flexibility index (Phi) is 3.57. The van der Waals surface area contributed by atoms with Crippen LogP contribution in [0, 0.1) is 6.92 Å². The van der Waals surface area contributed by atoms with E-state index >= 15 is 0 Å².